The van der Waals surface area contributed by atoms with Gasteiger partial charge < -0.3 is 9.47 Å². The summed E-state index contributed by atoms with van der Waals surface area (Å²) in [5, 5.41) is 0. The Morgan fingerprint density at radius 2 is 1.31 bits per heavy atom. The van der Waals surface area contributed by atoms with Crippen molar-refractivity contribution in [1.29, 1.82) is 0 Å². The Morgan fingerprint density at radius 1 is 0.719 bits per heavy atom. The molecule has 2 rings (SSSR count). The molecule has 3 heteroatoms. The second-order valence-electron chi connectivity index (χ2n) is 8.72. The second-order valence-corrected chi connectivity index (χ2v) is 8.72. The highest BCUT2D eigenvalue weighted by atomic mass is 16.5. The third-order valence-corrected chi connectivity index (χ3v) is 5.65. The van der Waals surface area contributed by atoms with Crippen LogP contribution < -0.4 is 9.47 Å². The molecule has 2 aromatic carbocycles. The van der Waals surface area contributed by atoms with Gasteiger partial charge in [-0.25, -0.2) is 0 Å². The first-order chi connectivity index (χ1) is 15.7. The quantitative estimate of drug-likeness (QED) is 0.183. The summed E-state index contributed by atoms with van der Waals surface area (Å²) in [6.07, 6.45) is 16.1. The van der Waals surface area contributed by atoms with Crippen LogP contribution in [0.15, 0.2) is 53.5 Å². The fourth-order valence-corrected chi connectivity index (χ4v) is 3.63. The Kier molecular flexibility index (Phi) is 13.3. The molecule has 176 valence electrons. The molecule has 0 aliphatic heterocycles. The van der Waals surface area contributed by atoms with E-state index in [0.29, 0.717) is 0 Å². The minimum Gasteiger partial charge on any atom is -0.494 e. The summed E-state index contributed by atoms with van der Waals surface area (Å²) in [6, 6.07) is 16.2. The fourth-order valence-electron chi connectivity index (χ4n) is 3.63. The molecule has 0 radical (unpaired) electrons. The van der Waals surface area contributed by atoms with Gasteiger partial charge in [-0.1, -0.05) is 65.2 Å². The van der Waals surface area contributed by atoms with E-state index in [1.54, 1.807) is 0 Å². The molecule has 0 saturated carbocycles. The molecule has 0 amide bonds. The Bertz CT molecular complexity index is 737. The van der Waals surface area contributed by atoms with Gasteiger partial charge in [-0.2, -0.15) is 0 Å². The van der Waals surface area contributed by atoms with Crippen molar-refractivity contribution in [1.82, 2.24) is 0 Å². The maximum absolute atomic E-state index is 6.02. The van der Waals surface area contributed by atoms with Crippen LogP contribution in [0.5, 0.6) is 11.5 Å². The minimum absolute atomic E-state index is 0.253. The molecule has 0 aliphatic rings. The van der Waals surface area contributed by atoms with Gasteiger partial charge in [0, 0.05) is 6.21 Å². The summed E-state index contributed by atoms with van der Waals surface area (Å²) in [4.78, 5) is 4.59. The summed E-state index contributed by atoms with van der Waals surface area (Å²) >= 11 is 0. The molecular weight excluding hydrogens is 394 g/mol. The molecule has 0 bridgehead atoms. The summed E-state index contributed by atoms with van der Waals surface area (Å²) in [7, 11) is 0. The van der Waals surface area contributed by atoms with Crippen molar-refractivity contribution in [2.24, 2.45) is 4.99 Å². The lowest BCUT2D eigenvalue weighted by atomic mass is 10.1. The van der Waals surface area contributed by atoms with Gasteiger partial charge in [0.25, 0.3) is 0 Å². The highest BCUT2D eigenvalue weighted by Crippen LogP contribution is 2.21. The topological polar surface area (TPSA) is 30.8 Å². The van der Waals surface area contributed by atoms with Crippen molar-refractivity contribution >= 4 is 11.9 Å². The molecule has 0 aromatic heterocycles. The third-order valence-electron chi connectivity index (χ3n) is 5.65. The average Bonchev–Trinajstić information content (AvgIpc) is 2.81. The van der Waals surface area contributed by atoms with Gasteiger partial charge in [0.1, 0.15) is 11.5 Å². The van der Waals surface area contributed by atoms with Gasteiger partial charge in [-0.15, -0.1) is 0 Å². The normalized spacial score (nSPS) is 12.2. The van der Waals surface area contributed by atoms with E-state index < -0.39 is 0 Å². The van der Waals surface area contributed by atoms with E-state index in [-0.39, 0.29) is 6.10 Å². The number of hydrogen-bond acceptors (Lipinski definition) is 3. The highest BCUT2D eigenvalue weighted by molar-refractivity contribution is 5.82. The van der Waals surface area contributed by atoms with Gasteiger partial charge >= 0.3 is 0 Å². The number of nitrogens with zero attached hydrogens (tertiary/aromatic N) is 1. The standard InChI is InChI=1S/C29H43NO2/c1-4-6-8-10-11-13-23-31-28-19-15-26(16-20-28)24-30-27-17-21-29(22-18-27)32-25(3)14-12-9-7-5-2/h15-22,24-25H,4-14,23H2,1-3H3/t25-/m1/s1. The van der Waals surface area contributed by atoms with E-state index in [1.807, 2.05) is 42.6 Å². The largest absolute Gasteiger partial charge is 0.494 e. The minimum atomic E-state index is 0.253. The maximum Gasteiger partial charge on any atom is 0.119 e. The van der Waals surface area contributed by atoms with Crippen LogP contribution in [0, 0.1) is 0 Å². The lowest BCUT2D eigenvalue weighted by Crippen LogP contribution is -2.11. The Balaban J connectivity index is 1.70. The summed E-state index contributed by atoms with van der Waals surface area (Å²) in [5.41, 5.74) is 1.99. The van der Waals surface area contributed by atoms with E-state index in [1.165, 1.54) is 57.8 Å². The molecular formula is C29H43NO2. The smallest absolute Gasteiger partial charge is 0.119 e. The Morgan fingerprint density at radius 3 is 2.00 bits per heavy atom. The van der Waals surface area contributed by atoms with Crippen LogP contribution in [0.1, 0.15) is 97.0 Å². The lowest BCUT2D eigenvalue weighted by molar-refractivity contribution is 0.206. The predicted molar refractivity (Wildman–Crippen MR) is 138 cm³/mol. The van der Waals surface area contributed by atoms with Crippen LogP contribution in [-0.4, -0.2) is 18.9 Å². The summed E-state index contributed by atoms with van der Waals surface area (Å²) in [6.45, 7) is 7.44. The third kappa shape index (κ3) is 11.4. The molecule has 0 heterocycles. The van der Waals surface area contributed by atoms with Gasteiger partial charge in [0.15, 0.2) is 0 Å². The van der Waals surface area contributed by atoms with E-state index in [9.17, 15) is 0 Å². The SMILES string of the molecule is CCCCCCCCOc1ccc(C=Nc2ccc(O[C@H](C)CCCCCC)cc2)cc1. The van der Waals surface area contributed by atoms with Crippen molar-refractivity contribution in [2.75, 3.05) is 6.61 Å². The molecule has 2 aromatic rings. The van der Waals surface area contributed by atoms with Crippen molar-refractivity contribution in [3.05, 3.63) is 54.1 Å². The maximum atomic E-state index is 6.02. The molecule has 0 unspecified atom stereocenters. The molecule has 0 spiro atoms. The first-order valence-electron chi connectivity index (χ1n) is 12.7. The number of unbranched alkanes of at least 4 members (excludes halogenated alkanes) is 8. The van der Waals surface area contributed by atoms with E-state index >= 15 is 0 Å². The Labute approximate surface area is 196 Å². The summed E-state index contributed by atoms with van der Waals surface area (Å²) < 4.78 is 11.9. The van der Waals surface area contributed by atoms with Gasteiger partial charge in [0.05, 0.1) is 18.4 Å². The van der Waals surface area contributed by atoms with Crippen molar-refractivity contribution < 1.29 is 9.47 Å². The van der Waals surface area contributed by atoms with E-state index in [4.69, 9.17) is 9.47 Å². The average molecular weight is 438 g/mol. The number of aliphatic imine (C=N–C) groups is 1. The molecule has 0 aliphatic carbocycles. The predicted octanol–water partition coefficient (Wildman–Crippen LogP) is 8.91. The van der Waals surface area contributed by atoms with Crippen LogP contribution in [0.3, 0.4) is 0 Å². The molecule has 32 heavy (non-hydrogen) atoms. The zero-order valence-electron chi connectivity index (χ0n) is 20.5. The van der Waals surface area contributed by atoms with Crippen molar-refractivity contribution in [3.63, 3.8) is 0 Å². The number of benzene rings is 2. The molecule has 0 N–H and O–H groups in total. The van der Waals surface area contributed by atoms with Gasteiger partial charge in [0.2, 0.25) is 0 Å². The number of rotatable bonds is 17. The van der Waals surface area contributed by atoms with Crippen LogP contribution in [0.2, 0.25) is 0 Å². The molecule has 0 fully saturated rings. The fraction of sp³-hybridized carbons (Fsp3) is 0.552. The number of hydrogen-bond donors (Lipinski definition) is 0. The van der Waals surface area contributed by atoms with E-state index in [2.05, 4.69) is 37.9 Å². The zero-order chi connectivity index (χ0) is 22.9. The molecule has 0 saturated heterocycles. The first kappa shape index (κ1) is 26.0. The van der Waals surface area contributed by atoms with Crippen LogP contribution >= 0.6 is 0 Å². The van der Waals surface area contributed by atoms with Crippen molar-refractivity contribution in [2.45, 2.75) is 97.5 Å². The van der Waals surface area contributed by atoms with Gasteiger partial charge in [-0.3, -0.25) is 4.99 Å². The molecule has 3 nitrogen and oxygen atoms in total. The van der Waals surface area contributed by atoms with E-state index in [0.717, 1.165) is 42.2 Å². The highest BCUT2D eigenvalue weighted by Gasteiger charge is 2.04. The Hall–Kier alpha value is -2.29. The monoisotopic (exact) mass is 437 g/mol. The van der Waals surface area contributed by atoms with Crippen LogP contribution in [-0.2, 0) is 0 Å². The van der Waals surface area contributed by atoms with Crippen LogP contribution in [0.25, 0.3) is 0 Å². The lowest BCUT2D eigenvalue weighted by Gasteiger charge is -2.14. The zero-order valence-corrected chi connectivity index (χ0v) is 20.5. The summed E-state index contributed by atoms with van der Waals surface area (Å²) in [5.74, 6) is 1.85. The van der Waals surface area contributed by atoms with Crippen LogP contribution in [0.4, 0.5) is 5.69 Å². The molecule has 1 atom stereocenters. The second kappa shape index (κ2) is 16.4. The van der Waals surface area contributed by atoms with Crippen molar-refractivity contribution in [3.8, 4) is 11.5 Å². The number of ether oxygens (including phenoxy) is 2. The first-order valence-corrected chi connectivity index (χ1v) is 12.7. The van der Waals surface area contributed by atoms with Gasteiger partial charge in [-0.05, 0) is 80.3 Å².